The summed E-state index contributed by atoms with van der Waals surface area (Å²) >= 11 is 0. The summed E-state index contributed by atoms with van der Waals surface area (Å²) in [5, 5.41) is 15.5. The normalized spacial score (nSPS) is 17.9. The topological polar surface area (TPSA) is 38.0 Å². The highest BCUT2D eigenvalue weighted by Crippen LogP contribution is 2.38. The van der Waals surface area contributed by atoms with Crippen LogP contribution in [-0.4, -0.2) is 20.5 Å². The van der Waals surface area contributed by atoms with Gasteiger partial charge in [0.25, 0.3) is 0 Å². The quantitative estimate of drug-likeness (QED) is 0.833. The van der Waals surface area contributed by atoms with Crippen LogP contribution in [0.4, 0.5) is 0 Å². The Morgan fingerprint density at radius 2 is 2.19 bits per heavy atom. The highest BCUT2D eigenvalue weighted by Gasteiger charge is 2.40. The number of aromatic nitrogens is 2. The molecule has 1 aliphatic rings. The van der Waals surface area contributed by atoms with Crippen LogP contribution in [0.3, 0.4) is 0 Å². The van der Waals surface area contributed by atoms with Crippen LogP contribution in [0, 0.1) is 6.92 Å². The molecule has 1 saturated carbocycles. The number of benzene rings is 1. The van der Waals surface area contributed by atoms with Crippen LogP contribution in [0.25, 0.3) is 10.9 Å². The third-order valence-corrected chi connectivity index (χ3v) is 3.46. The molecule has 1 heterocycles. The fourth-order valence-electron chi connectivity index (χ4n) is 2.30. The van der Waals surface area contributed by atoms with Crippen molar-refractivity contribution in [2.24, 2.45) is 7.05 Å². The summed E-state index contributed by atoms with van der Waals surface area (Å²) in [6.07, 6.45) is 2.66. The van der Waals surface area contributed by atoms with Crippen LogP contribution in [0.2, 0.25) is 0 Å². The van der Waals surface area contributed by atoms with Crippen LogP contribution in [0.15, 0.2) is 18.2 Å². The molecule has 0 amide bonds. The van der Waals surface area contributed by atoms with Crippen LogP contribution >= 0.6 is 0 Å². The summed E-state index contributed by atoms with van der Waals surface area (Å²) in [6, 6.07) is 6.35. The molecule has 0 atom stereocenters. The van der Waals surface area contributed by atoms with Crippen LogP contribution in [0.5, 0.6) is 0 Å². The van der Waals surface area contributed by atoms with Gasteiger partial charge in [-0.25, -0.2) is 0 Å². The minimum atomic E-state index is -0.413. The first-order valence-corrected chi connectivity index (χ1v) is 5.72. The second-order valence-corrected chi connectivity index (χ2v) is 4.96. The molecule has 84 valence electrons. The Morgan fingerprint density at radius 3 is 2.88 bits per heavy atom. The lowest BCUT2D eigenvalue weighted by molar-refractivity contribution is 0.151. The fraction of sp³-hybridized carbons (Fsp3) is 0.462. The number of nitrogens with zero attached hydrogens (tertiary/aromatic N) is 2. The zero-order chi connectivity index (χ0) is 11.3. The number of hydrogen-bond donors (Lipinski definition) is 1. The number of rotatable bonds is 2. The summed E-state index contributed by atoms with van der Waals surface area (Å²) in [6.45, 7) is 2.03. The van der Waals surface area contributed by atoms with E-state index >= 15 is 0 Å². The third-order valence-electron chi connectivity index (χ3n) is 3.46. The molecule has 3 heteroatoms. The number of aliphatic hydroxyl groups is 1. The molecule has 0 aliphatic heterocycles. The molecule has 0 saturated heterocycles. The molecule has 3 rings (SSSR count). The second-order valence-electron chi connectivity index (χ2n) is 4.96. The molecule has 1 aromatic carbocycles. The largest absolute Gasteiger partial charge is 0.390 e. The van der Waals surface area contributed by atoms with Crippen molar-refractivity contribution in [1.29, 1.82) is 0 Å². The van der Waals surface area contributed by atoms with E-state index in [2.05, 4.69) is 23.3 Å². The molecule has 1 aliphatic carbocycles. The summed E-state index contributed by atoms with van der Waals surface area (Å²) in [7, 11) is 1.96. The van der Waals surface area contributed by atoms with E-state index in [1.54, 1.807) is 0 Å². The van der Waals surface area contributed by atoms with Crippen molar-refractivity contribution in [3.63, 3.8) is 0 Å². The molecule has 2 aromatic rings. The minimum absolute atomic E-state index is 0.413. The molecule has 1 aromatic heterocycles. The maximum absolute atomic E-state index is 9.91. The van der Waals surface area contributed by atoms with Crippen LogP contribution in [-0.2, 0) is 13.5 Å². The van der Waals surface area contributed by atoms with Gasteiger partial charge in [-0.1, -0.05) is 6.07 Å². The number of hydrogen-bond acceptors (Lipinski definition) is 2. The lowest BCUT2D eigenvalue weighted by Crippen LogP contribution is -2.10. The summed E-state index contributed by atoms with van der Waals surface area (Å²) < 4.78 is 1.90. The van der Waals surface area contributed by atoms with Crippen molar-refractivity contribution in [3.8, 4) is 0 Å². The highest BCUT2D eigenvalue weighted by molar-refractivity contribution is 5.82. The van der Waals surface area contributed by atoms with Crippen molar-refractivity contribution in [2.75, 3.05) is 0 Å². The van der Waals surface area contributed by atoms with Gasteiger partial charge in [0.05, 0.1) is 16.8 Å². The molecule has 16 heavy (non-hydrogen) atoms. The summed E-state index contributed by atoms with van der Waals surface area (Å²) in [4.78, 5) is 0. The van der Waals surface area contributed by atoms with Crippen molar-refractivity contribution in [1.82, 2.24) is 9.78 Å². The van der Waals surface area contributed by atoms with Crippen molar-refractivity contribution in [2.45, 2.75) is 31.8 Å². The van der Waals surface area contributed by atoms with Gasteiger partial charge in [0, 0.05) is 18.9 Å². The monoisotopic (exact) mass is 216 g/mol. The zero-order valence-corrected chi connectivity index (χ0v) is 9.70. The van der Waals surface area contributed by atoms with Gasteiger partial charge in [-0.3, -0.25) is 4.68 Å². The lowest BCUT2D eigenvalue weighted by atomic mass is 10.0. The molecule has 0 unspecified atom stereocenters. The highest BCUT2D eigenvalue weighted by atomic mass is 16.3. The Kier molecular flexibility index (Phi) is 1.89. The van der Waals surface area contributed by atoms with Gasteiger partial charge >= 0.3 is 0 Å². The van der Waals surface area contributed by atoms with Crippen molar-refractivity contribution < 1.29 is 5.11 Å². The fourth-order valence-corrected chi connectivity index (χ4v) is 2.30. The van der Waals surface area contributed by atoms with Gasteiger partial charge in [0.15, 0.2) is 0 Å². The molecule has 1 N–H and O–H groups in total. The first-order chi connectivity index (χ1) is 7.57. The van der Waals surface area contributed by atoms with Gasteiger partial charge in [-0.05, 0) is 37.5 Å². The average molecular weight is 216 g/mol. The predicted octanol–water partition coefficient (Wildman–Crippen LogP) is 1.95. The van der Waals surface area contributed by atoms with E-state index in [4.69, 9.17) is 0 Å². The summed E-state index contributed by atoms with van der Waals surface area (Å²) in [5.41, 5.74) is 3.01. The van der Waals surface area contributed by atoms with Crippen molar-refractivity contribution in [3.05, 3.63) is 29.5 Å². The number of fused-ring (bicyclic) bond motifs is 1. The zero-order valence-electron chi connectivity index (χ0n) is 9.70. The van der Waals surface area contributed by atoms with E-state index in [1.807, 2.05) is 18.7 Å². The SMILES string of the molecule is Cc1nn(C)c2ccc(CC3(O)CC3)cc12. The van der Waals surface area contributed by atoms with Gasteiger partial charge in [0.2, 0.25) is 0 Å². The van der Waals surface area contributed by atoms with Crippen LogP contribution < -0.4 is 0 Å². The van der Waals surface area contributed by atoms with E-state index in [0.717, 1.165) is 30.5 Å². The van der Waals surface area contributed by atoms with Gasteiger partial charge in [-0.2, -0.15) is 5.10 Å². The Morgan fingerprint density at radius 1 is 1.44 bits per heavy atom. The van der Waals surface area contributed by atoms with E-state index in [9.17, 15) is 5.11 Å². The second kappa shape index (κ2) is 3.08. The minimum Gasteiger partial charge on any atom is -0.390 e. The molecule has 0 spiro atoms. The maximum atomic E-state index is 9.91. The molecule has 0 bridgehead atoms. The van der Waals surface area contributed by atoms with E-state index in [0.29, 0.717) is 0 Å². The third kappa shape index (κ3) is 1.52. The Hall–Kier alpha value is -1.35. The predicted molar refractivity (Wildman–Crippen MR) is 63.3 cm³/mol. The van der Waals surface area contributed by atoms with Crippen molar-refractivity contribution >= 4 is 10.9 Å². The van der Waals surface area contributed by atoms with Gasteiger partial charge < -0.3 is 5.11 Å². The smallest absolute Gasteiger partial charge is 0.0690 e. The van der Waals surface area contributed by atoms with Crippen LogP contribution in [0.1, 0.15) is 24.1 Å². The molecular formula is C13H16N2O. The Balaban J connectivity index is 2.04. The molecule has 0 radical (unpaired) electrons. The maximum Gasteiger partial charge on any atom is 0.0690 e. The molecule has 1 fully saturated rings. The number of aryl methyl sites for hydroxylation is 2. The first kappa shape index (κ1) is 9.85. The van der Waals surface area contributed by atoms with Gasteiger partial charge in [-0.15, -0.1) is 0 Å². The van der Waals surface area contributed by atoms with E-state index < -0.39 is 5.60 Å². The van der Waals surface area contributed by atoms with E-state index in [1.165, 1.54) is 10.9 Å². The standard InChI is InChI=1S/C13H16N2O/c1-9-11-7-10(8-13(16)5-6-13)3-4-12(11)15(2)14-9/h3-4,7,16H,5-6,8H2,1-2H3. The first-order valence-electron chi connectivity index (χ1n) is 5.72. The molecule has 3 nitrogen and oxygen atoms in total. The molecular weight excluding hydrogens is 200 g/mol. The van der Waals surface area contributed by atoms with Gasteiger partial charge in [0.1, 0.15) is 0 Å². The average Bonchev–Trinajstić information content (AvgIpc) is 2.88. The lowest BCUT2D eigenvalue weighted by Gasteiger charge is -2.07. The Labute approximate surface area is 94.7 Å². The summed E-state index contributed by atoms with van der Waals surface area (Å²) in [5.74, 6) is 0. The Bertz CT molecular complexity index is 552. The van der Waals surface area contributed by atoms with E-state index in [-0.39, 0.29) is 0 Å².